The molecule has 3 nitrogen and oxygen atoms in total. The summed E-state index contributed by atoms with van der Waals surface area (Å²) in [6.45, 7) is 2.18. The molecule has 1 atom stereocenters. The first-order valence-corrected chi connectivity index (χ1v) is 7.27. The van der Waals surface area contributed by atoms with Crippen molar-refractivity contribution in [1.82, 2.24) is 14.5 Å². The lowest BCUT2D eigenvalue weighted by molar-refractivity contribution is 0.314. The van der Waals surface area contributed by atoms with E-state index in [1.165, 1.54) is 18.9 Å². The van der Waals surface area contributed by atoms with E-state index in [2.05, 4.69) is 14.5 Å². The van der Waals surface area contributed by atoms with Gasteiger partial charge in [-0.15, -0.1) is 0 Å². The summed E-state index contributed by atoms with van der Waals surface area (Å²) in [6, 6.07) is 6.00. The molecule has 1 aliphatic carbocycles. The number of nitrogens with one attached hydrogen (secondary N) is 1. The Bertz CT molecular complexity index is 686. The molecule has 5 heteroatoms. The number of imidazole rings is 1. The number of hydrogen-bond acceptors (Lipinski definition) is 2. The van der Waals surface area contributed by atoms with Gasteiger partial charge in [-0.25, -0.2) is 4.39 Å². The van der Waals surface area contributed by atoms with Crippen LogP contribution in [0.5, 0.6) is 0 Å². The molecule has 2 aliphatic rings. The van der Waals surface area contributed by atoms with Crippen molar-refractivity contribution in [3.8, 4) is 0 Å². The summed E-state index contributed by atoms with van der Waals surface area (Å²) >= 11 is 5.42. The summed E-state index contributed by atoms with van der Waals surface area (Å²) < 4.78 is 16.3. The number of aromatic amines is 1. The van der Waals surface area contributed by atoms with Gasteiger partial charge in [0.2, 0.25) is 0 Å². The number of nitrogens with zero attached hydrogens (tertiary/aromatic N) is 2. The Morgan fingerprint density at radius 3 is 2.84 bits per heavy atom. The van der Waals surface area contributed by atoms with E-state index in [-0.39, 0.29) is 5.82 Å². The zero-order valence-electron chi connectivity index (χ0n) is 10.6. The third-order valence-electron chi connectivity index (χ3n) is 4.30. The number of halogens is 1. The predicted octanol–water partition coefficient (Wildman–Crippen LogP) is 3.25. The van der Waals surface area contributed by atoms with Crippen molar-refractivity contribution in [3.63, 3.8) is 0 Å². The van der Waals surface area contributed by atoms with Crippen molar-refractivity contribution in [1.29, 1.82) is 0 Å². The van der Waals surface area contributed by atoms with Gasteiger partial charge in [-0.05, 0) is 49.7 Å². The molecule has 1 aliphatic heterocycles. The van der Waals surface area contributed by atoms with Crippen molar-refractivity contribution in [2.45, 2.75) is 31.3 Å². The fourth-order valence-electron chi connectivity index (χ4n) is 3.21. The molecule has 0 radical (unpaired) electrons. The molecule has 1 saturated carbocycles. The largest absolute Gasteiger partial charge is 0.331 e. The van der Waals surface area contributed by atoms with Crippen molar-refractivity contribution < 1.29 is 4.39 Å². The highest BCUT2D eigenvalue weighted by Crippen LogP contribution is 2.34. The Labute approximate surface area is 116 Å². The molecule has 0 amide bonds. The highest BCUT2D eigenvalue weighted by atomic mass is 32.1. The highest BCUT2D eigenvalue weighted by Gasteiger charge is 2.35. The number of aromatic nitrogens is 2. The lowest BCUT2D eigenvalue weighted by Crippen LogP contribution is -2.23. The fourth-order valence-corrected chi connectivity index (χ4v) is 3.56. The summed E-state index contributed by atoms with van der Waals surface area (Å²) in [5.74, 6) is -0.202. The van der Waals surface area contributed by atoms with Crippen LogP contribution in [0.4, 0.5) is 4.39 Å². The zero-order chi connectivity index (χ0) is 13.0. The molecule has 1 N–H and O–H groups in total. The maximum absolute atomic E-state index is 13.5. The van der Waals surface area contributed by atoms with Crippen molar-refractivity contribution in [2.24, 2.45) is 0 Å². The third kappa shape index (κ3) is 1.92. The maximum Gasteiger partial charge on any atom is 0.178 e. The molecule has 0 spiro atoms. The van der Waals surface area contributed by atoms with E-state index in [0.29, 0.717) is 10.8 Å². The predicted molar refractivity (Wildman–Crippen MR) is 75.3 cm³/mol. The molecule has 100 valence electrons. The first kappa shape index (κ1) is 11.6. The van der Waals surface area contributed by atoms with Gasteiger partial charge < -0.3 is 9.55 Å². The van der Waals surface area contributed by atoms with Gasteiger partial charge in [0.05, 0.1) is 17.1 Å². The second kappa shape index (κ2) is 4.15. The van der Waals surface area contributed by atoms with E-state index in [0.717, 1.165) is 36.6 Å². The van der Waals surface area contributed by atoms with E-state index < -0.39 is 0 Å². The van der Waals surface area contributed by atoms with Crippen LogP contribution in [-0.2, 0) is 0 Å². The highest BCUT2D eigenvalue weighted by molar-refractivity contribution is 7.71. The van der Waals surface area contributed by atoms with Gasteiger partial charge in [-0.1, -0.05) is 0 Å². The van der Waals surface area contributed by atoms with E-state index in [1.54, 1.807) is 12.1 Å². The Morgan fingerprint density at radius 2 is 2.05 bits per heavy atom. The summed E-state index contributed by atoms with van der Waals surface area (Å²) in [5, 5.41) is 0. The normalized spacial score (nSPS) is 24.4. The molecular weight excluding hydrogens is 261 g/mol. The minimum absolute atomic E-state index is 0.202. The quantitative estimate of drug-likeness (QED) is 0.852. The minimum Gasteiger partial charge on any atom is -0.331 e. The number of rotatable bonds is 2. The molecule has 19 heavy (non-hydrogen) atoms. The van der Waals surface area contributed by atoms with Crippen LogP contribution in [0, 0.1) is 10.6 Å². The van der Waals surface area contributed by atoms with Crippen LogP contribution in [0.3, 0.4) is 0 Å². The molecule has 1 aromatic carbocycles. The van der Waals surface area contributed by atoms with Gasteiger partial charge >= 0.3 is 0 Å². The van der Waals surface area contributed by atoms with Crippen LogP contribution in [0.25, 0.3) is 11.0 Å². The number of likely N-dealkylation sites (tertiary alicyclic amines) is 1. The van der Waals surface area contributed by atoms with Gasteiger partial charge in [-0.3, -0.25) is 4.90 Å². The van der Waals surface area contributed by atoms with Crippen molar-refractivity contribution >= 4 is 23.3 Å². The van der Waals surface area contributed by atoms with Crippen LogP contribution in [0.15, 0.2) is 18.2 Å². The summed E-state index contributed by atoms with van der Waals surface area (Å²) in [4.78, 5) is 5.73. The zero-order valence-corrected chi connectivity index (χ0v) is 11.4. The van der Waals surface area contributed by atoms with Gasteiger partial charge in [0.15, 0.2) is 4.77 Å². The summed E-state index contributed by atoms with van der Waals surface area (Å²) in [7, 11) is 0. The topological polar surface area (TPSA) is 24.0 Å². The molecular formula is C14H16FN3S. The minimum atomic E-state index is -0.202. The lowest BCUT2D eigenvalue weighted by atomic mass is 10.2. The van der Waals surface area contributed by atoms with Gasteiger partial charge in [-0.2, -0.15) is 0 Å². The Morgan fingerprint density at radius 1 is 1.21 bits per heavy atom. The van der Waals surface area contributed by atoms with E-state index in [1.807, 2.05) is 0 Å². The van der Waals surface area contributed by atoms with Crippen LogP contribution < -0.4 is 0 Å². The van der Waals surface area contributed by atoms with Crippen molar-refractivity contribution in [3.05, 3.63) is 28.8 Å². The summed E-state index contributed by atoms with van der Waals surface area (Å²) in [5.41, 5.74) is 1.82. The number of fused-ring (bicyclic) bond motifs is 1. The molecule has 1 saturated heterocycles. The van der Waals surface area contributed by atoms with Crippen molar-refractivity contribution in [2.75, 3.05) is 13.1 Å². The van der Waals surface area contributed by atoms with E-state index in [9.17, 15) is 4.39 Å². The van der Waals surface area contributed by atoms with Crippen LogP contribution >= 0.6 is 12.2 Å². The standard InChI is InChI=1S/C14H16FN3S/c15-9-1-4-12-13(7-9)18(14(19)16-12)11-5-6-17(8-11)10-2-3-10/h1,4,7,10-11H,2-3,5-6,8H2,(H,16,19). The number of hydrogen-bond donors (Lipinski definition) is 1. The van der Waals surface area contributed by atoms with Crippen LogP contribution in [0.2, 0.25) is 0 Å². The third-order valence-corrected chi connectivity index (χ3v) is 4.60. The average Bonchev–Trinajstić information content (AvgIpc) is 3.03. The second-order valence-electron chi connectivity index (χ2n) is 5.63. The molecule has 1 unspecified atom stereocenters. The molecule has 2 aromatic rings. The fraction of sp³-hybridized carbons (Fsp3) is 0.500. The lowest BCUT2D eigenvalue weighted by Gasteiger charge is -2.16. The maximum atomic E-state index is 13.5. The Balaban J connectivity index is 1.75. The number of H-pyrrole nitrogens is 1. The molecule has 0 bridgehead atoms. The smallest absolute Gasteiger partial charge is 0.178 e. The molecule has 2 heterocycles. The second-order valence-corrected chi connectivity index (χ2v) is 6.02. The Hall–Kier alpha value is -1.20. The first-order chi connectivity index (χ1) is 9.22. The van der Waals surface area contributed by atoms with Gasteiger partial charge in [0.1, 0.15) is 5.82 Å². The summed E-state index contributed by atoms with van der Waals surface area (Å²) in [6.07, 6.45) is 3.77. The average molecular weight is 277 g/mol. The monoisotopic (exact) mass is 277 g/mol. The van der Waals surface area contributed by atoms with E-state index in [4.69, 9.17) is 12.2 Å². The van der Waals surface area contributed by atoms with Gasteiger partial charge in [0.25, 0.3) is 0 Å². The Kier molecular flexibility index (Phi) is 2.53. The first-order valence-electron chi connectivity index (χ1n) is 6.86. The van der Waals surface area contributed by atoms with E-state index >= 15 is 0 Å². The van der Waals surface area contributed by atoms with Gasteiger partial charge in [0, 0.05) is 19.1 Å². The molecule has 2 fully saturated rings. The number of benzene rings is 1. The molecule has 4 rings (SSSR count). The SMILES string of the molecule is Fc1ccc2[nH]c(=S)n(C3CCN(C4CC4)C3)c2c1. The molecule has 1 aromatic heterocycles. The van der Waals surface area contributed by atoms with Crippen LogP contribution in [-0.4, -0.2) is 33.6 Å². The van der Waals surface area contributed by atoms with Crippen LogP contribution in [0.1, 0.15) is 25.3 Å².